The molecular formula is C18H26N2O2. The largest absolute Gasteiger partial charge is 0.356 e. The van der Waals surface area contributed by atoms with Crippen molar-refractivity contribution < 1.29 is 9.59 Å². The van der Waals surface area contributed by atoms with Gasteiger partial charge in [0.2, 0.25) is 11.8 Å². The number of benzene rings is 1. The predicted octanol–water partition coefficient (Wildman–Crippen LogP) is 2.76. The number of carbonyl (C=O) groups is 2. The van der Waals surface area contributed by atoms with Crippen LogP contribution in [-0.4, -0.2) is 24.9 Å². The van der Waals surface area contributed by atoms with Gasteiger partial charge in [-0.1, -0.05) is 44.2 Å². The van der Waals surface area contributed by atoms with Crippen LogP contribution in [0.1, 0.15) is 38.7 Å². The van der Waals surface area contributed by atoms with Crippen LogP contribution in [0.2, 0.25) is 0 Å². The van der Waals surface area contributed by atoms with E-state index < -0.39 is 0 Å². The van der Waals surface area contributed by atoms with Gasteiger partial charge >= 0.3 is 0 Å². The summed E-state index contributed by atoms with van der Waals surface area (Å²) in [6.07, 6.45) is 5.91. The Morgan fingerprint density at radius 2 is 1.73 bits per heavy atom. The molecule has 120 valence electrons. The number of hydrogen-bond donors (Lipinski definition) is 2. The molecule has 0 aromatic heterocycles. The third-order valence-electron chi connectivity index (χ3n) is 3.49. The summed E-state index contributed by atoms with van der Waals surface area (Å²) in [4.78, 5) is 23.2. The summed E-state index contributed by atoms with van der Waals surface area (Å²) in [5, 5.41) is 5.74. The Labute approximate surface area is 133 Å². The smallest absolute Gasteiger partial charge is 0.243 e. The van der Waals surface area contributed by atoms with Crippen molar-refractivity contribution >= 4 is 17.9 Å². The van der Waals surface area contributed by atoms with Gasteiger partial charge < -0.3 is 10.6 Å². The van der Waals surface area contributed by atoms with Gasteiger partial charge in [-0.25, -0.2) is 0 Å². The molecule has 1 rings (SSSR count). The molecule has 1 aromatic rings. The lowest BCUT2D eigenvalue weighted by atomic mass is 10.1. The zero-order chi connectivity index (χ0) is 16.2. The van der Waals surface area contributed by atoms with E-state index in [-0.39, 0.29) is 17.7 Å². The third kappa shape index (κ3) is 7.62. The minimum absolute atomic E-state index is 0.0721. The van der Waals surface area contributed by atoms with Gasteiger partial charge in [-0.05, 0) is 30.9 Å². The summed E-state index contributed by atoms with van der Waals surface area (Å²) in [7, 11) is 0. The highest BCUT2D eigenvalue weighted by Gasteiger charge is 2.08. The Balaban J connectivity index is 2.08. The molecule has 0 aliphatic carbocycles. The number of rotatable bonds is 9. The summed E-state index contributed by atoms with van der Waals surface area (Å²) >= 11 is 0. The van der Waals surface area contributed by atoms with Gasteiger partial charge in [-0.15, -0.1) is 0 Å². The maximum atomic E-state index is 11.6. The Kier molecular flexibility index (Phi) is 8.65. The highest BCUT2D eigenvalue weighted by atomic mass is 16.2. The molecule has 0 aliphatic rings. The van der Waals surface area contributed by atoms with E-state index in [0.717, 1.165) is 24.8 Å². The highest BCUT2D eigenvalue weighted by Crippen LogP contribution is 2.01. The molecular weight excluding hydrogens is 276 g/mol. The van der Waals surface area contributed by atoms with Crippen LogP contribution in [-0.2, 0) is 9.59 Å². The van der Waals surface area contributed by atoms with Crippen molar-refractivity contribution in [1.82, 2.24) is 10.6 Å². The zero-order valence-electron chi connectivity index (χ0n) is 13.5. The predicted molar refractivity (Wildman–Crippen MR) is 90.2 cm³/mol. The number of hydrogen-bond acceptors (Lipinski definition) is 2. The highest BCUT2D eigenvalue weighted by molar-refractivity contribution is 5.91. The van der Waals surface area contributed by atoms with Gasteiger partial charge in [-0.2, -0.15) is 0 Å². The lowest BCUT2D eigenvalue weighted by molar-refractivity contribution is -0.124. The van der Waals surface area contributed by atoms with E-state index in [9.17, 15) is 9.59 Å². The number of nitrogens with one attached hydrogen (secondary N) is 2. The lowest BCUT2D eigenvalue weighted by Crippen LogP contribution is -2.30. The van der Waals surface area contributed by atoms with Gasteiger partial charge in [0, 0.05) is 25.1 Å². The van der Waals surface area contributed by atoms with Gasteiger partial charge in [-0.3, -0.25) is 9.59 Å². The molecule has 22 heavy (non-hydrogen) atoms. The van der Waals surface area contributed by atoms with Crippen molar-refractivity contribution in [1.29, 1.82) is 0 Å². The molecule has 0 spiro atoms. The fourth-order valence-electron chi connectivity index (χ4n) is 1.83. The summed E-state index contributed by atoms with van der Waals surface area (Å²) in [6, 6.07) is 9.71. The van der Waals surface area contributed by atoms with E-state index in [1.54, 1.807) is 12.2 Å². The lowest BCUT2D eigenvalue weighted by Gasteiger charge is -2.09. The van der Waals surface area contributed by atoms with Crippen LogP contribution in [0.3, 0.4) is 0 Å². The molecule has 1 atom stereocenters. The Bertz CT molecular complexity index is 483. The van der Waals surface area contributed by atoms with Crippen molar-refractivity contribution in [2.24, 2.45) is 5.92 Å². The summed E-state index contributed by atoms with van der Waals surface area (Å²) in [5.41, 5.74) is 1.01. The monoisotopic (exact) mass is 302 g/mol. The van der Waals surface area contributed by atoms with Crippen molar-refractivity contribution in [2.45, 2.75) is 33.1 Å². The van der Waals surface area contributed by atoms with Gasteiger partial charge in [0.05, 0.1) is 0 Å². The van der Waals surface area contributed by atoms with Crippen molar-refractivity contribution in [2.75, 3.05) is 13.1 Å². The first kappa shape index (κ1) is 18.0. The van der Waals surface area contributed by atoms with Crippen molar-refractivity contribution in [3.8, 4) is 0 Å². The van der Waals surface area contributed by atoms with Crippen LogP contribution in [0.4, 0.5) is 0 Å². The second-order valence-corrected chi connectivity index (χ2v) is 5.34. The molecule has 2 amide bonds. The number of amides is 2. The minimum atomic E-state index is -0.0903. The number of unbranched alkanes of at least 4 members (excludes halogenated alkanes) is 1. The van der Waals surface area contributed by atoms with Crippen LogP contribution >= 0.6 is 0 Å². The second-order valence-electron chi connectivity index (χ2n) is 5.34. The first-order chi connectivity index (χ1) is 10.6. The molecule has 0 bridgehead atoms. The van der Waals surface area contributed by atoms with E-state index in [1.807, 2.05) is 44.2 Å². The molecule has 0 saturated heterocycles. The molecule has 1 aromatic carbocycles. The van der Waals surface area contributed by atoms with Gasteiger partial charge in [0.25, 0.3) is 0 Å². The number of carbonyl (C=O) groups excluding carboxylic acids is 2. The van der Waals surface area contributed by atoms with Gasteiger partial charge in [0.15, 0.2) is 0 Å². The van der Waals surface area contributed by atoms with Gasteiger partial charge in [0.1, 0.15) is 0 Å². The summed E-state index contributed by atoms with van der Waals surface area (Å²) < 4.78 is 0. The Hall–Kier alpha value is -2.10. The van der Waals surface area contributed by atoms with E-state index in [2.05, 4.69) is 10.6 Å². The minimum Gasteiger partial charge on any atom is -0.356 e. The fraction of sp³-hybridized carbons (Fsp3) is 0.444. The molecule has 0 radical (unpaired) electrons. The normalized spacial score (nSPS) is 12.1. The molecule has 0 aliphatic heterocycles. The Morgan fingerprint density at radius 1 is 1.09 bits per heavy atom. The van der Waals surface area contributed by atoms with Crippen molar-refractivity contribution in [3.63, 3.8) is 0 Å². The molecule has 1 unspecified atom stereocenters. The molecule has 0 heterocycles. The standard InChI is InChI=1S/C18H26N2O2/c1-3-15(2)18(22)20-14-8-7-13-19-17(21)12-11-16-9-5-4-6-10-16/h4-6,9-12,15H,3,7-8,13-14H2,1-2H3,(H,19,21)(H,20,22). The second kappa shape index (κ2) is 10.6. The molecule has 4 heteroatoms. The Morgan fingerprint density at radius 3 is 2.36 bits per heavy atom. The van der Waals surface area contributed by atoms with Crippen LogP contribution in [0, 0.1) is 5.92 Å². The average Bonchev–Trinajstić information content (AvgIpc) is 2.56. The first-order valence-corrected chi connectivity index (χ1v) is 7.92. The fourth-order valence-corrected chi connectivity index (χ4v) is 1.83. The first-order valence-electron chi connectivity index (χ1n) is 7.92. The molecule has 0 saturated carbocycles. The third-order valence-corrected chi connectivity index (χ3v) is 3.49. The topological polar surface area (TPSA) is 58.2 Å². The van der Waals surface area contributed by atoms with Crippen LogP contribution in [0.15, 0.2) is 36.4 Å². The van der Waals surface area contributed by atoms with E-state index in [0.29, 0.717) is 13.1 Å². The molecule has 0 fully saturated rings. The molecule has 4 nitrogen and oxygen atoms in total. The van der Waals surface area contributed by atoms with Crippen LogP contribution in [0.5, 0.6) is 0 Å². The van der Waals surface area contributed by atoms with E-state index in [4.69, 9.17) is 0 Å². The average molecular weight is 302 g/mol. The quantitative estimate of drug-likeness (QED) is 0.544. The zero-order valence-corrected chi connectivity index (χ0v) is 13.5. The maximum Gasteiger partial charge on any atom is 0.243 e. The summed E-state index contributed by atoms with van der Waals surface area (Å²) in [5.74, 6) is 0.0904. The summed E-state index contributed by atoms with van der Waals surface area (Å²) in [6.45, 7) is 5.22. The van der Waals surface area contributed by atoms with Crippen molar-refractivity contribution in [3.05, 3.63) is 42.0 Å². The molecule has 2 N–H and O–H groups in total. The maximum absolute atomic E-state index is 11.6. The van der Waals surface area contributed by atoms with E-state index >= 15 is 0 Å². The van der Waals surface area contributed by atoms with Crippen LogP contribution in [0.25, 0.3) is 6.08 Å². The van der Waals surface area contributed by atoms with Crippen LogP contribution < -0.4 is 10.6 Å². The SMILES string of the molecule is CCC(C)C(=O)NCCCCNC(=O)C=Cc1ccccc1. The van der Waals surface area contributed by atoms with E-state index in [1.165, 1.54) is 0 Å².